The number of carbonyl (C=O) groups is 3. The number of ether oxygens (including phenoxy) is 4. The number of carbonyl (C=O) groups excluding carboxylic acids is 3. The van der Waals surface area contributed by atoms with Crippen molar-refractivity contribution >= 4 is 29.2 Å². The van der Waals surface area contributed by atoms with Gasteiger partial charge in [-0.15, -0.1) is 0 Å². The van der Waals surface area contributed by atoms with Gasteiger partial charge in [0.25, 0.3) is 5.91 Å². The summed E-state index contributed by atoms with van der Waals surface area (Å²) in [5.74, 6) is -0.306. The highest BCUT2D eigenvalue weighted by atomic mass is 19.4. The maximum atomic E-state index is 14.2. The molecule has 3 N–H and O–H groups in total. The third-order valence-electron chi connectivity index (χ3n) is 8.40. The van der Waals surface area contributed by atoms with Crippen molar-refractivity contribution in [3.8, 4) is 17.2 Å². The molecule has 0 bridgehead atoms. The van der Waals surface area contributed by atoms with E-state index in [2.05, 4.69) is 10.6 Å². The molecule has 270 valence electrons. The predicted molar refractivity (Wildman–Crippen MR) is 175 cm³/mol. The minimum atomic E-state index is -4.49. The number of likely N-dealkylation sites (N-methyl/N-ethyl adjacent to an activating group) is 1. The molecule has 4 rings (SSSR count). The number of amides is 4. The summed E-state index contributed by atoms with van der Waals surface area (Å²) in [6.45, 7) is 5.91. The number of rotatable bonds is 8. The van der Waals surface area contributed by atoms with Crippen LogP contribution in [0.25, 0.3) is 0 Å². The summed E-state index contributed by atoms with van der Waals surface area (Å²) < 4.78 is 61.2. The van der Waals surface area contributed by atoms with Gasteiger partial charge in [-0.3, -0.25) is 9.59 Å². The van der Waals surface area contributed by atoms with Crippen LogP contribution >= 0.6 is 0 Å². The molecule has 4 atom stereocenters. The SMILES string of the molecule is C[C@@H]1CCCCO[C@H](CN(C)C(=O)Nc2ccc3c(c2)OCO3)[C@H](C)CN([C@H](C)CO)C(=O)c2cc(NC(=O)CCC(F)(F)F)ccc2O1. The summed E-state index contributed by atoms with van der Waals surface area (Å²) in [6.07, 6.45) is -5.21. The Morgan fingerprint density at radius 1 is 1.04 bits per heavy atom. The molecule has 2 aliphatic heterocycles. The highest BCUT2D eigenvalue weighted by Crippen LogP contribution is 2.34. The first kappa shape index (κ1) is 37.6. The number of urea groups is 1. The molecule has 0 spiro atoms. The van der Waals surface area contributed by atoms with Crippen LogP contribution in [0.2, 0.25) is 0 Å². The fraction of sp³-hybridized carbons (Fsp3) is 0.559. The van der Waals surface area contributed by atoms with Gasteiger partial charge < -0.3 is 44.5 Å². The number of hydrogen-bond acceptors (Lipinski definition) is 8. The number of benzene rings is 2. The van der Waals surface area contributed by atoms with Gasteiger partial charge in [-0.25, -0.2) is 4.79 Å². The van der Waals surface area contributed by atoms with Crippen molar-refractivity contribution in [2.45, 2.75) is 77.3 Å². The Bertz CT molecular complexity index is 1460. The van der Waals surface area contributed by atoms with Crippen LogP contribution in [0.3, 0.4) is 0 Å². The average Bonchev–Trinajstić information content (AvgIpc) is 3.52. The second kappa shape index (κ2) is 16.9. The average molecular weight is 695 g/mol. The molecule has 0 aliphatic carbocycles. The Hall–Kier alpha value is -4.24. The van der Waals surface area contributed by atoms with E-state index in [9.17, 15) is 32.7 Å². The first-order valence-electron chi connectivity index (χ1n) is 16.4. The highest BCUT2D eigenvalue weighted by Gasteiger charge is 2.32. The Labute approximate surface area is 283 Å². The summed E-state index contributed by atoms with van der Waals surface area (Å²) in [5, 5.41) is 15.4. The molecule has 2 aromatic carbocycles. The summed E-state index contributed by atoms with van der Waals surface area (Å²) in [6, 6.07) is 8.44. The lowest BCUT2D eigenvalue weighted by Crippen LogP contribution is -2.48. The van der Waals surface area contributed by atoms with Gasteiger partial charge in [0.05, 0.1) is 36.8 Å². The number of fused-ring (bicyclic) bond motifs is 2. The molecular weight excluding hydrogens is 649 g/mol. The molecule has 2 aliphatic rings. The fourth-order valence-corrected chi connectivity index (χ4v) is 5.49. The van der Waals surface area contributed by atoms with E-state index in [-0.39, 0.29) is 61.5 Å². The Kier molecular flexibility index (Phi) is 13.0. The van der Waals surface area contributed by atoms with Gasteiger partial charge in [-0.2, -0.15) is 13.2 Å². The number of nitrogens with one attached hydrogen (secondary N) is 2. The van der Waals surface area contributed by atoms with E-state index in [0.717, 1.165) is 12.8 Å². The lowest BCUT2D eigenvalue weighted by atomic mass is 10.0. The van der Waals surface area contributed by atoms with E-state index in [1.807, 2.05) is 13.8 Å². The van der Waals surface area contributed by atoms with Gasteiger partial charge in [0.15, 0.2) is 11.5 Å². The Morgan fingerprint density at radius 3 is 2.45 bits per heavy atom. The molecule has 0 saturated heterocycles. The van der Waals surface area contributed by atoms with Crippen molar-refractivity contribution in [3.05, 3.63) is 42.0 Å². The van der Waals surface area contributed by atoms with Gasteiger partial charge >= 0.3 is 12.2 Å². The zero-order valence-corrected chi connectivity index (χ0v) is 28.2. The third-order valence-corrected chi connectivity index (χ3v) is 8.40. The number of hydrogen-bond donors (Lipinski definition) is 3. The highest BCUT2D eigenvalue weighted by molar-refractivity contribution is 5.99. The van der Waals surface area contributed by atoms with Crippen LogP contribution in [0.5, 0.6) is 17.2 Å². The smallest absolute Gasteiger partial charge is 0.389 e. The molecule has 0 unspecified atom stereocenters. The summed E-state index contributed by atoms with van der Waals surface area (Å²) in [7, 11) is 1.64. The molecule has 12 nitrogen and oxygen atoms in total. The molecular formula is C34H45F3N4O8. The molecule has 0 fully saturated rings. The zero-order chi connectivity index (χ0) is 35.7. The zero-order valence-electron chi connectivity index (χ0n) is 28.2. The lowest BCUT2D eigenvalue weighted by Gasteiger charge is -2.35. The van der Waals surface area contributed by atoms with E-state index in [1.165, 1.54) is 28.0 Å². The lowest BCUT2D eigenvalue weighted by molar-refractivity contribution is -0.142. The van der Waals surface area contributed by atoms with Gasteiger partial charge in [-0.1, -0.05) is 6.92 Å². The number of nitrogens with zero attached hydrogens (tertiary/aromatic N) is 2. The summed E-state index contributed by atoms with van der Waals surface area (Å²) in [4.78, 5) is 42.7. The summed E-state index contributed by atoms with van der Waals surface area (Å²) in [5.41, 5.74) is 0.751. The molecule has 2 aromatic rings. The standard InChI is InChI=1S/C34H45F3N4O8/c1-21-17-41(22(2)19-42)32(44)26-15-24(38-31(43)12-13-34(35,36)37)8-10-27(26)49-23(3)7-5-6-14-46-30(21)18-40(4)33(45)39-25-9-11-28-29(16-25)48-20-47-28/h8-11,15-16,21-23,30,42H,5-7,12-14,17-20H2,1-4H3,(H,38,43)(H,39,45)/t21-,22-,23-,30-/m1/s1. The van der Waals surface area contributed by atoms with E-state index < -0.39 is 43.0 Å². The van der Waals surface area contributed by atoms with Crippen molar-refractivity contribution in [1.29, 1.82) is 0 Å². The van der Waals surface area contributed by atoms with Crippen LogP contribution in [0.1, 0.15) is 63.2 Å². The van der Waals surface area contributed by atoms with E-state index in [4.69, 9.17) is 18.9 Å². The number of anilines is 2. The number of aliphatic hydroxyl groups is 1. The van der Waals surface area contributed by atoms with E-state index >= 15 is 0 Å². The molecule has 2 heterocycles. The number of alkyl halides is 3. The molecule has 0 saturated carbocycles. The monoisotopic (exact) mass is 694 g/mol. The van der Waals surface area contributed by atoms with Crippen LogP contribution < -0.4 is 24.8 Å². The van der Waals surface area contributed by atoms with Gasteiger partial charge in [-0.05, 0) is 63.4 Å². The van der Waals surface area contributed by atoms with Crippen LogP contribution in [0, 0.1) is 5.92 Å². The molecule has 15 heteroatoms. The Morgan fingerprint density at radius 2 is 1.73 bits per heavy atom. The minimum absolute atomic E-state index is 0.0859. The van der Waals surface area contributed by atoms with Crippen molar-refractivity contribution < 1.29 is 51.6 Å². The Balaban J connectivity index is 1.55. The topological polar surface area (TPSA) is 139 Å². The third kappa shape index (κ3) is 10.9. The molecule has 0 radical (unpaired) electrons. The van der Waals surface area contributed by atoms with Crippen molar-refractivity contribution in [3.63, 3.8) is 0 Å². The maximum absolute atomic E-state index is 14.2. The van der Waals surface area contributed by atoms with Gasteiger partial charge in [0.2, 0.25) is 12.7 Å². The van der Waals surface area contributed by atoms with Crippen molar-refractivity contribution in [2.24, 2.45) is 5.92 Å². The van der Waals surface area contributed by atoms with Crippen LogP contribution in [-0.2, 0) is 9.53 Å². The fourth-order valence-electron chi connectivity index (χ4n) is 5.49. The maximum Gasteiger partial charge on any atom is 0.389 e. The first-order valence-corrected chi connectivity index (χ1v) is 16.4. The molecule has 4 amide bonds. The molecule has 0 aromatic heterocycles. The van der Waals surface area contributed by atoms with Crippen LogP contribution in [0.15, 0.2) is 36.4 Å². The minimum Gasteiger partial charge on any atom is -0.490 e. The number of aliphatic hydroxyl groups excluding tert-OH is 1. The van der Waals surface area contributed by atoms with Crippen LogP contribution in [0.4, 0.5) is 29.3 Å². The van der Waals surface area contributed by atoms with Crippen LogP contribution in [-0.4, -0.2) is 97.3 Å². The molecule has 49 heavy (non-hydrogen) atoms. The largest absolute Gasteiger partial charge is 0.490 e. The van der Waals surface area contributed by atoms with Crippen molar-refractivity contribution in [1.82, 2.24) is 9.80 Å². The number of halogens is 3. The van der Waals surface area contributed by atoms with Crippen molar-refractivity contribution in [2.75, 3.05) is 50.8 Å². The van der Waals surface area contributed by atoms with Gasteiger partial charge in [0, 0.05) is 56.5 Å². The summed E-state index contributed by atoms with van der Waals surface area (Å²) >= 11 is 0. The second-order valence-corrected chi connectivity index (χ2v) is 12.6. The predicted octanol–water partition coefficient (Wildman–Crippen LogP) is 5.66. The normalized spacial score (nSPS) is 20.8. The second-order valence-electron chi connectivity index (χ2n) is 12.6. The van der Waals surface area contributed by atoms with E-state index in [0.29, 0.717) is 30.2 Å². The first-order chi connectivity index (χ1) is 23.2. The van der Waals surface area contributed by atoms with E-state index in [1.54, 1.807) is 32.2 Å². The quantitative estimate of drug-likeness (QED) is 0.322. The van der Waals surface area contributed by atoms with Gasteiger partial charge in [0.1, 0.15) is 5.75 Å².